The summed E-state index contributed by atoms with van der Waals surface area (Å²) in [5.41, 5.74) is 0.139. The Labute approximate surface area is 147 Å². The van der Waals surface area contributed by atoms with Crippen molar-refractivity contribution in [3.63, 3.8) is 0 Å². The molecule has 1 aromatic carbocycles. The summed E-state index contributed by atoms with van der Waals surface area (Å²) < 4.78 is 34.9. The second kappa shape index (κ2) is 8.47. The molecular weight excluding hydrogens is 330 g/mol. The van der Waals surface area contributed by atoms with Gasteiger partial charge in [0.05, 0.1) is 0 Å². The van der Waals surface area contributed by atoms with Crippen LogP contribution in [-0.4, -0.2) is 42.3 Å². The first-order valence-electron chi connectivity index (χ1n) is 8.48. The number of likely N-dealkylation sites (tertiary alicyclic amines) is 1. The Hall–Kier alpha value is -1.89. The van der Waals surface area contributed by atoms with Gasteiger partial charge < -0.3 is 19.7 Å². The van der Waals surface area contributed by atoms with Gasteiger partial charge in [-0.05, 0) is 39.7 Å². The smallest absolute Gasteiger partial charge is 0.410 e. The lowest BCUT2D eigenvalue weighted by atomic mass is 10.1. The third-order valence-corrected chi connectivity index (χ3v) is 3.84. The number of hydrogen-bond donors (Lipinski definition) is 1. The van der Waals surface area contributed by atoms with Gasteiger partial charge in [0.1, 0.15) is 11.4 Å². The van der Waals surface area contributed by atoms with Crippen molar-refractivity contribution in [3.05, 3.63) is 29.8 Å². The van der Waals surface area contributed by atoms with Crippen LogP contribution in [0.1, 0.15) is 39.2 Å². The molecule has 0 aromatic heterocycles. The zero-order valence-electron chi connectivity index (χ0n) is 14.9. The SMILES string of the molecule is CC(C)(C)OC(=O)N1CCCC(NCc2ccccc2OC(F)F)C1. The van der Waals surface area contributed by atoms with Gasteiger partial charge in [-0.3, -0.25) is 0 Å². The van der Waals surface area contributed by atoms with Crippen molar-refractivity contribution in [3.8, 4) is 5.75 Å². The van der Waals surface area contributed by atoms with Crippen LogP contribution in [0.4, 0.5) is 13.6 Å². The number of halogens is 2. The van der Waals surface area contributed by atoms with Gasteiger partial charge in [0.15, 0.2) is 0 Å². The van der Waals surface area contributed by atoms with Crippen LogP contribution in [0.3, 0.4) is 0 Å². The lowest BCUT2D eigenvalue weighted by molar-refractivity contribution is -0.0505. The molecule has 1 aliphatic heterocycles. The van der Waals surface area contributed by atoms with Gasteiger partial charge in [0, 0.05) is 31.2 Å². The standard InChI is InChI=1S/C18H26F2N2O3/c1-18(2,3)25-17(23)22-10-6-8-14(12-22)21-11-13-7-4-5-9-15(13)24-16(19)20/h4-5,7,9,14,16,21H,6,8,10-12H2,1-3H3. The number of para-hydroxylation sites is 1. The highest BCUT2D eigenvalue weighted by molar-refractivity contribution is 5.68. The number of amides is 1. The number of rotatable bonds is 5. The molecule has 140 valence electrons. The molecule has 5 nitrogen and oxygen atoms in total. The maximum absolute atomic E-state index is 12.5. The van der Waals surface area contributed by atoms with Crippen LogP contribution in [0.15, 0.2) is 24.3 Å². The number of ether oxygens (including phenoxy) is 2. The molecule has 1 heterocycles. The summed E-state index contributed by atoms with van der Waals surface area (Å²) in [6.07, 6.45) is 1.46. The van der Waals surface area contributed by atoms with Crippen molar-refractivity contribution < 1.29 is 23.0 Å². The average Bonchev–Trinajstić information content (AvgIpc) is 2.52. The van der Waals surface area contributed by atoms with Gasteiger partial charge in [-0.25, -0.2) is 4.79 Å². The summed E-state index contributed by atoms with van der Waals surface area (Å²) in [5.74, 6) is 0.171. The van der Waals surface area contributed by atoms with E-state index in [0.717, 1.165) is 12.8 Å². The lowest BCUT2D eigenvalue weighted by Crippen LogP contribution is -2.49. The second-order valence-corrected chi connectivity index (χ2v) is 7.13. The number of piperidine rings is 1. The van der Waals surface area contributed by atoms with E-state index in [-0.39, 0.29) is 17.9 Å². The summed E-state index contributed by atoms with van der Waals surface area (Å²) in [4.78, 5) is 13.9. The van der Waals surface area contributed by atoms with Crippen molar-refractivity contribution in [2.45, 2.75) is 58.4 Å². The topological polar surface area (TPSA) is 50.8 Å². The summed E-state index contributed by atoms with van der Waals surface area (Å²) >= 11 is 0. The molecule has 0 radical (unpaired) electrons. The Morgan fingerprint density at radius 2 is 2.08 bits per heavy atom. The third-order valence-electron chi connectivity index (χ3n) is 3.84. The molecule has 7 heteroatoms. The minimum absolute atomic E-state index is 0.0841. The van der Waals surface area contributed by atoms with Crippen molar-refractivity contribution in [1.82, 2.24) is 10.2 Å². The van der Waals surface area contributed by atoms with Crippen LogP contribution in [0.2, 0.25) is 0 Å². The first-order valence-corrected chi connectivity index (χ1v) is 8.48. The molecule has 0 spiro atoms. The predicted molar refractivity (Wildman–Crippen MR) is 90.7 cm³/mol. The normalized spacial score (nSPS) is 18.3. The van der Waals surface area contributed by atoms with Crippen molar-refractivity contribution in [1.29, 1.82) is 0 Å². The molecule has 0 saturated carbocycles. The highest BCUT2D eigenvalue weighted by Gasteiger charge is 2.27. The molecule has 1 fully saturated rings. The Morgan fingerprint density at radius 3 is 2.76 bits per heavy atom. The molecule has 0 aliphatic carbocycles. The summed E-state index contributed by atoms with van der Waals surface area (Å²) in [6, 6.07) is 6.80. The molecule has 1 amide bonds. The van der Waals surface area contributed by atoms with E-state index in [9.17, 15) is 13.6 Å². The van der Waals surface area contributed by atoms with E-state index in [2.05, 4.69) is 10.1 Å². The van der Waals surface area contributed by atoms with E-state index >= 15 is 0 Å². The molecule has 1 aliphatic rings. The number of hydrogen-bond acceptors (Lipinski definition) is 4. The molecule has 1 N–H and O–H groups in total. The first-order chi connectivity index (χ1) is 11.7. The fraction of sp³-hybridized carbons (Fsp3) is 0.611. The fourth-order valence-corrected chi connectivity index (χ4v) is 2.75. The number of nitrogens with one attached hydrogen (secondary N) is 1. The minimum atomic E-state index is -2.85. The van der Waals surface area contributed by atoms with Crippen molar-refractivity contribution in [2.75, 3.05) is 13.1 Å². The maximum Gasteiger partial charge on any atom is 0.410 e. The molecule has 1 atom stereocenters. The van der Waals surface area contributed by atoms with Gasteiger partial charge in [0.25, 0.3) is 0 Å². The molecule has 1 unspecified atom stereocenters. The van der Waals surface area contributed by atoms with Crippen molar-refractivity contribution >= 4 is 6.09 Å². The lowest BCUT2D eigenvalue weighted by Gasteiger charge is -2.34. The number of benzene rings is 1. The minimum Gasteiger partial charge on any atom is -0.444 e. The van der Waals surface area contributed by atoms with Crippen LogP contribution in [0.25, 0.3) is 0 Å². The maximum atomic E-state index is 12.5. The molecule has 2 rings (SSSR count). The van der Waals surface area contributed by atoms with Crippen molar-refractivity contribution in [2.24, 2.45) is 0 Å². The van der Waals surface area contributed by atoms with E-state index in [1.807, 2.05) is 20.8 Å². The molecular formula is C18H26F2N2O3. The molecule has 25 heavy (non-hydrogen) atoms. The summed E-state index contributed by atoms with van der Waals surface area (Å²) in [6.45, 7) is 4.26. The monoisotopic (exact) mass is 356 g/mol. The number of carbonyl (C=O) groups is 1. The summed E-state index contributed by atoms with van der Waals surface area (Å²) in [5, 5.41) is 3.32. The van der Waals surface area contributed by atoms with Crippen LogP contribution in [0.5, 0.6) is 5.75 Å². The number of alkyl halides is 2. The average molecular weight is 356 g/mol. The fourth-order valence-electron chi connectivity index (χ4n) is 2.75. The predicted octanol–water partition coefficient (Wildman–Crippen LogP) is 3.78. The zero-order chi connectivity index (χ0) is 18.4. The van der Waals surface area contributed by atoms with Gasteiger partial charge in [-0.15, -0.1) is 0 Å². The summed E-state index contributed by atoms with van der Waals surface area (Å²) in [7, 11) is 0. The highest BCUT2D eigenvalue weighted by Crippen LogP contribution is 2.21. The van der Waals surface area contributed by atoms with Crippen LogP contribution >= 0.6 is 0 Å². The van der Waals surface area contributed by atoms with Crippen LogP contribution in [-0.2, 0) is 11.3 Å². The zero-order valence-corrected chi connectivity index (χ0v) is 14.9. The molecule has 1 saturated heterocycles. The molecule has 1 aromatic rings. The van der Waals surface area contributed by atoms with Gasteiger partial charge in [-0.2, -0.15) is 8.78 Å². The second-order valence-electron chi connectivity index (χ2n) is 7.13. The number of nitrogens with zero attached hydrogens (tertiary/aromatic N) is 1. The first kappa shape index (κ1) is 19.4. The van der Waals surface area contributed by atoms with Crippen LogP contribution < -0.4 is 10.1 Å². The highest BCUT2D eigenvalue weighted by atomic mass is 19.3. The third kappa shape index (κ3) is 6.49. The largest absolute Gasteiger partial charge is 0.444 e. The Balaban J connectivity index is 1.90. The van der Waals surface area contributed by atoms with Gasteiger partial charge in [0.2, 0.25) is 0 Å². The van der Waals surface area contributed by atoms with E-state index in [0.29, 0.717) is 25.2 Å². The van der Waals surface area contributed by atoms with Gasteiger partial charge >= 0.3 is 12.7 Å². The van der Waals surface area contributed by atoms with E-state index in [1.165, 1.54) is 6.07 Å². The molecule has 0 bridgehead atoms. The van der Waals surface area contributed by atoms with E-state index in [4.69, 9.17) is 4.74 Å². The Bertz CT molecular complexity index is 576. The van der Waals surface area contributed by atoms with E-state index < -0.39 is 12.2 Å². The Morgan fingerprint density at radius 1 is 1.36 bits per heavy atom. The van der Waals surface area contributed by atoms with Crippen LogP contribution in [0, 0.1) is 0 Å². The van der Waals surface area contributed by atoms with E-state index in [1.54, 1.807) is 23.1 Å². The van der Waals surface area contributed by atoms with Gasteiger partial charge in [-0.1, -0.05) is 18.2 Å². The number of carbonyl (C=O) groups excluding carboxylic acids is 1. The Kier molecular flexibility index (Phi) is 6.58. The quantitative estimate of drug-likeness (QED) is 0.872.